The number of ether oxygens (including phenoxy) is 1. The first-order valence-electron chi connectivity index (χ1n) is 6.43. The molecule has 0 aliphatic rings. The molecule has 1 aromatic carbocycles. The van der Waals surface area contributed by atoms with Crippen LogP contribution in [0.1, 0.15) is 25.8 Å². The summed E-state index contributed by atoms with van der Waals surface area (Å²) >= 11 is 0. The number of carbonyl (C=O) groups excluding carboxylic acids is 1. The first kappa shape index (κ1) is 15.4. The van der Waals surface area contributed by atoms with Gasteiger partial charge in [0, 0.05) is 17.5 Å². The topological polar surface area (TPSA) is 29.5 Å². The lowest BCUT2D eigenvalue weighted by Crippen LogP contribution is -2.39. The third-order valence-corrected chi connectivity index (χ3v) is 3.55. The molecule has 0 fully saturated rings. The van der Waals surface area contributed by atoms with E-state index < -0.39 is 0 Å². The predicted octanol–water partition coefficient (Wildman–Crippen LogP) is 2.97. The Bertz CT molecular complexity index is 439. The van der Waals surface area contributed by atoms with Crippen molar-refractivity contribution in [1.29, 1.82) is 0 Å². The highest BCUT2D eigenvalue weighted by atomic mass is 16.5. The van der Waals surface area contributed by atoms with Crippen molar-refractivity contribution in [2.75, 3.05) is 20.7 Å². The SMILES string of the molecule is C=C(C)C(=O)OCCC(C)(c1ccccc1)N(C)C. The number of hydrogen-bond donors (Lipinski definition) is 0. The molecule has 1 unspecified atom stereocenters. The van der Waals surface area contributed by atoms with Crippen LogP contribution in [0.2, 0.25) is 0 Å². The maximum absolute atomic E-state index is 11.4. The van der Waals surface area contributed by atoms with Crippen molar-refractivity contribution in [3.8, 4) is 0 Å². The zero-order chi connectivity index (χ0) is 14.5. The van der Waals surface area contributed by atoms with E-state index in [1.165, 1.54) is 5.56 Å². The van der Waals surface area contributed by atoms with Crippen LogP contribution in [-0.4, -0.2) is 31.6 Å². The fraction of sp³-hybridized carbons (Fsp3) is 0.438. The number of hydrogen-bond acceptors (Lipinski definition) is 3. The molecule has 0 saturated heterocycles. The second kappa shape index (κ2) is 6.53. The van der Waals surface area contributed by atoms with E-state index in [-0.39, 0.29) is 11.5 Å². The minimum atomic E-state index is -0.325. The summed E-state index contributed by atoms with van der Waals surface area (Å²) in [5.74, 6) is -0.325. The second-order valence-electron chi connectivity index (χ2n) is 5.20. The average Bonchev–Trinajstić information content (AvgIpc) is 2.39. The van der Waals surface area contributed by atoms with Crippen LogP contribution in [0.25, 0.3) is 0 Å². The van der Waals surface area contributed by atoms with Gasteiger partial charge in [-0.25, -0.2) is 4.79 Å². The summed E-state index contributed by atoms with van der Waals surface area (Å²) in [4.78, 5) is 13.5. The quantitative estimate of drug-likeness (QED) is 0.582. The number of nitrogens with zero attached hydrogens (tertiary/aromatic N) is 1. The molecule has 0 aromatic heterocycles. The maximum atomic E-state index is 11.4. The van der Waals surface area contributed by atoms with E-state index in [4.69, 9.17) is 4.74 Å². The fourth-order valence-corrected chi connectivity index (χ4v) is 1.89. The van der Waals surface area contributed by atoms with Gasteiger partial charge in [-0.1, -0.05) is 36.9 Å². The van der Waals surface area contributed by atoms with Gasteiger partial charge in [-0.2, -0.15) is 0 Å². The van der Waals surface area contributed by atoms with Gasteiger partial charge < -0.3 is 4.74 Å². The first-order valence-corrected chi connectivity index (χ1v) is 6.43. The minimum absolute atomic E-state index is 0.156. The Balaban J connectivity index is 2.74. The van der Waals surface area contributed by atoms with Gasteiger partial charge in [0.25, 0.3) is 0 Å². The predicted molar refractivity (Wildman–Crippen MR) is 77.9 cm³/mol. The minimum Gasteiger partial charge on any atom is -0.462 e. The maximum Gasteiger partial charge on any atom is 0.333 e. The molecule has 3 heteroatoms. The summed E-state index contributed by atoms with van der Waals surface area (Å²) in [5, 5.41) is 0. The van der Waals surface area contributed by atoms with Gasteiger partial charge in [0.1, 0.15) is 0 Å². The van der Waals surface area contributed by atoms with E-state index in [2.05, 4.69) is 30.5 Å². The molecule has 0 radical (unpaired) electrons. The van der Waals surface area contributed by atoms with Gasteiger partial charge in [0.05, 0.1) is 6.61 Å². The van der Waals surface area contributed by atoms with Gasteiger partial charge >= 0.3 is 5.97 Å². The molecule has 19 heavy (non-hydrogen) atoms. The Kier molecular flexibility index (Phi) is 5.31. The van der Waals surface area contributed by atoms with Crippen molar-refractivity contribution in [3.63, 3.8) is 0 Å². The van der Waals surface area contributed by atoms with Crippen molar-refractivity contribution in [2.24, 2.45) is 0 Å². The molecule has 1 atom stereocenters. The average molecular weight is 261 g/mol. The first-order chi connectivity index (χ1) is 8.88. The van der Waals surface area contributed by atoms with E-state index >= 15 is 0 Å². The van der Waals surface area contributed by atoms with Crippen molar-refractivity contribution >= 4 is 5.97 Å². The molecular weight excluding hydrogens is 238 g/mol. The van der Waals surface area contributed by atoms with Crippen LogP contribution in [0.3, 0.4) is 0 Å². The highest BCUT2D eigenvalue weighted by Gasteiger charge is 2.29. The number of esters is 1. The molecule has 1 aromatic rings. The summed E-state index contributed by atoms with van der Waals surface area (Å²) in [7, 11) is 4.07. The molecule has 0 heterocycles. The molecule has 3 nitrogen and oxygen atoms in total. The Morgan fingerprint density at radius 2 is 1.89 bits per heavy atom. The van der Waals surface area contributed by atoms with Crippen molar-refractivity contribution in [2.45, 2.75) is 25.8 Å². The van der Waals surface area contributed by atoms with Crippen molar-refractivity contribution in [1.82, 2.24) is 4.90 Å². The van der Waals surface area contributed by atoms with E-state index in [9.17, 15) is 4.79 Å². The van der Waals surface area contributed by atoms with Gasteiger partial charge in [0.2, 0.25) is 0 Å². The molecule has 0 saturated carbocycles. The molecule has 104 valence electrons. The lowest BCUT2D eigenvalue weighted by Gasteiger charge is -2.37. The van der Waals surface area contributed by atoms with Crippen molar-refractivity contribution < 1.29 is 9.53 Å². The van der Waals surface area contributed by atoms with Gasteiger partial charge in [-0.3, -0.25) is 4.90 Å². The molecule has 0 aliphatic heterocycles. The zero-order valence-electron chi connectivity index (χ0n) is 12.3. The van der Waals surface area contributed by atoms with E-state index in [1.54, 1.807) is 6.92 Å². The summed E-state index contributed by atoms with van der Waals surface area (Å²) in [5.41, 5.74) is 1.49. The van der Waals surface area contributed by atoms with Crippen LogP contribution < -0.4 is 0 Å². The molecule has 1 rings (SSSR count). The van der Waals surface area contributed by atoms with Crippen LogP contribution in [0.15, 0.2) is 42.5 Å². The van der Waals surface area contributed by atoms with Crippen molar-refractivity contribution in [3.05, 3.63) is 48.0 Å². The highest BCUT2D eigenvalue weighted by molar-refractivity contribution is 5.86. The standard InChI is InChI=1S/C16H23NO2/c1-13(2)15(18)19-12-11-16(3,17(4)5)14-9-7-6-8-10-14/h6-10H,1,11-12H2,2-5H3. The molecule has 0 bridgehead atoms. The summed E-state index contributed by atoms with van der Waals surface area (Å²) < 4.78 is 5.21. The lowest BCUT2D eigenvalue weighted by atomic mass is 9.88. The molecule has 0 N–H and O–H groups in total. The third kappa shape index (κ3) is 3.93. The van der Waals surface area contributed by atoms with Crippen LogP contribution in [0.5, 0.6) is 0 Å². The Morgan fingerprint density at radius 3 is 2.37 bits per heavy atom. The van der Waals surface area contributed by atoms with Crippen LogP contribution in [0, 0.1) is 0 Å². The highest BCUT2D eigenvalue weighted by Crippen LogP contribution is 2.29. The zero-order valence-corrected chi connectivity index (χ0v) is 12.3. The number of carbonyl (C=O) groups is 1. The van der Waals surface area contributed by atoms with Gasteiger partial charge in [-0.05, 0) is 33.5 Å². The van der Waals surface area contributed by atoms with Crippen LogP contribution >= 0.6 is 0 Å². The number of benzene rings is 1. The Hall–Kier alpha value is -1.61. The van der Waals surface area contributed by atoms with Gasteiger partial charge in [0.15, 0.2) is 0 Å². The van der Waals surface area contributed by atoms with E-state index in [0.29, 0.717) is 12.2 Å². The summed E-state index contributed by atoms with van der Waals surface area (Å²) in [6, 6.07) is 10.2. The molecular formula is C16H23NO2. The summed E-state index contributed by atoms with van der Waals surface area (Å²) in [6.45, 7) is 7.77. The molecule has 0 amide bonds. The van der Waals surface area contributed by atoms with E-state index in [0.717, 1.165) is 6.42 Å². The monoisotopic (exact) mass is 261 g/mol. The van der Waals surface area contributed by atoms with E-state index in [1.807, 2.05) is 32.3 Å². The third-order valence-electron chi connectivity index (χ3n) is 3.55. The fourth-order valence-electron chi connectivity index (χ4n) is 1.89. The second-order valence-corrected chi connectivity index (χ2v) is 5.20. The summed E-state index contributed by atoms with van der Waals surface area (Å²) in [6.07, 6.45) is 0.739. The smallest absolute Gasteiger partial charge is 0.333 e. The molecule has 0 spiro atoms. The Labute approximate surface area is 115 Å². The molecule has 0 aliphatic carbocycles. The Morgan fingerprint density at radius 1 is 1.32 bits per heavy atom. The van der Waals surface area contributed by atoms with Gasteiger partial charge in [-0.15, -0.1) is 0 Å². The number of rotatable bonds is 6. The normalized spacial score (nSPS) is 13.9. The largest absolute Gasteiger partial charge is 0.462 e. The lowest BCUT2D eigenvalue weighted by molar-refractivity contribution is -0.139. The van der Waals surface area contributed by atoms with Crippen LogP contribution in [-0.2, 0) is 15.1 Å². The van der Waals surface area contributed by atoms with Crippen LogP contribution in [0.4, 0.5) is 0 Å².